The minimum absolute atomic E-state index is 0.0274. The zero-order valence-electron chi connectivity index (χ0n) is 21.9. The van der Waals surface area contributed by atoms with Crippen molar-refractivity contribution in [1.29, 1.82) is 0 Å². The van der Waals surface area contributed by atoms with Crippen LogP contribution < -0.4 is 0 Å². The van der Waals surface area contributed by atoms with Crippen molar-refractivity contribution in [1.82, 2.24) is 0 Å². The Morgan fingerprint density at radius 2 is 1.86 bits per heavy atom. The summed E-state index contributed by atoms with van der Waals surface area (Å²) in [5, 5.41) is 11.5. The molecule has 0 amide bonds. The van der Waals surface area contributed by atoms with Crippen molar-refractivity contribution < 1.29 is 33.3 Å². The van der Waals surface area contributed by atoms with Gasteiger partial charge in [0.05, 0.1) is 12.5 Å². The number of carbonyl (C=O) groups is 2. The molecular weight excluding hydrogens is 498 g/mol. The maximum absolute atomic E-state index is 17.2. The van der Waals surface area contributed by atoms with Crippen molar-refractivity contribution in [2.24, 2.45) is 40.4 Å². The van der Waals surface area contributed by atoms with E-state index >= 15 is 8.78 Å². The van der Waals surface area contributed by atoms with Crippen LogP contribution >= 0.6 is 12.2 Å². The van der Waals surface area contributed by atoms with Gasteiger partial charge in [0, 0.05) is 17.3 Å². The summed E-state index contributed by atoms with van der Waals surface area (Å²) < 4.78 is 32.8. The smallest absolute Gasteiger partial charge is 0.355 e. The van der Waals surface area contributed by atoms with Crippen molar-refractivity contribution in [2.45, 2.75) is 96.5 Å². The van der Waals surface area contributed by atoms with Gasteiger partial charge in [0.1, 0.15) is 6.17 Å². The fraction of sp³-hybridized carbons (Fsp3) is 0.759. The maximum atomic E-state index is 17.2. The SMILES string of the molecule is C[C@@H]1C[C@H]2[C@@H]3C[C@H](F)C4=CC(=O)C=C[C@]4(C)[C@@]3(F)[C@@H](O)C[C@]2(C)[C@H]1C(=S)OOC(=O)CC1CCCCC1. The summed E-state index contributed by atoms with van der Waals surface area (Å²) in [7, 11) is 0. The van der Waals surface area contributed by atoms with Crippen LogP contribution in [0.2, 0.25) is 0 Å². The van der Waals surface area contributed by atoms with E-state index in [9.17, 15) is 14.7 Å². The molecule has 8 heteroatoms. The first-order chi connectivity index (χ1) is 17.4. The first kappa shape index (κ1) is 26.9. The molecule has 4 fully saturated rings. The average molecular weight is 537 g/mol. The molecule has 9 atom stereocenters. The number of aliphatic hydroxyl groups excluding tert-OH is 1. The van der Waals surface area contributed by atoms with Crippen molar-refractivity contribution in [3.63, 3.8) is 0 Å². The largest absolute Gasteiger partial charge is 0.390 e. The monoisotopic (exact) mass is 536 g/mol. The molecule has 4 saturated carbocycles. The van der Waals surface area contributed by atoms with Crippen LogP contribution in [-0.2, 0) is 19.4 Å². The molecule has 1 N–H and O–H groups in total. The molecule has 5 nitrogen and oxygen atoms in total. The number of hydrogen-bond acceptors (Lipinski definition) is 6. The van der Waals surface area contributed by atoms with E-state index in [0.717, 1.165) is 25.7 Å². The molecule has 5 rings (SSSR count). The number of aliphatic hydroxyl groups is 1. The summed E-state index contributed by atoms with van der Waals surface area (Å²) in [5.74, 6) is -1.90. The Labute approximate surface area is 223 Å². The van der Waals surface area contributed by atoms with Gasteiger partial charge in [-0.2, -0.15) is 0 Å². The number of carbonyl (C=O) groups excluding carboxylic acids is 2. The van der Waals surface area contributed by atoms with Crippen molar-refractivity contribution >= 4 is 29.0 Å². The highest BCUT2D eigenvalue weighted by atomic mass is 32.1. The van der Waals surface area contributed by atoms with Crippen molar-refractivity contribution in [3.8, 4) is 0 Å². The van der Waals surface area contributed by atoms with Crippen molar-refractivity contribution in [2.75, 3.05) is 0 Å². The second-order valence-corrected chi connectivity index (χ2v) is 13.1. The van der Waals surface area contributed by atoms with E-state index in [0.29, 0.717) is 18.8 Å². The summed E-state index contributed by atoms with van der Waals surface area (Å²) in [5.41, 5.74) is -4.06. The van der Waals surface area contributed by atoms with Crippen LogP contribution in [0.3, 0.4) is 0 Å². The van der Waals surface area contributed by atoms with Gasteiger partial charge in [-0.1, -0.05) is 39.2 Å². The summed E-state index contributed by atoms with van der Waals surface area (Å²) in [6, 6.07) is 0. The topological polar surface area (TPSA) is 72.8 Å². The first-order valence-corrected chi connectivity index (χ1v) is 14.2. The third kappa shape index (κ3) is 4.12. The van der Waals surface area contributed by atoms with Gasteiger partial charge in [-0.3, -0.25) is 9.68 Å². The number of fused-ring (bicyclic) bond motifs is 5. The van der Waals surface area contributed by atoms with Crippen LogP contribution in [0, 0.1) is 40.4 Å². The fourth-order valence-electron chi connectivity index (χ4n) is 8.87. The van der Waals surface area contributed by atoms with E-state index in [2.05, 4.69) is 0 Å². The molecule has 0 heterocycles. The lowest BCUT2D eigenvalue weighted by Crippen LogP contribution is -2.68. The number of ketones is 1. The highest BCUT2D eigenvalue weighted by Gasteiger charge is 2.73. The Bertz CT molecular complexity index is 1040. The molecule has 0 unspecified atom stereocenters. The van der Waals surface area contributed by atoms with E-state index in [4.69, 9.17) is 22.0 Å². The van der Waals surface area contributed by atoms with E-state index in [-0.39, 0.29) is 47.0 Å². The predicted molar refractivity (Wildman–Crippen MR) is 138 cm³/mol. The van der Waals surface area contributed by atoms with Crippen LogP contribution in [0.5, 0.6) is 0 Å². The van der Waals surface area contributed by atoms with E-state index in [1.807, 2.05) is 13.8 Å². The summed E-state index contributed by atoms with van der Waals surface area (Å²) in [6.45, 7) is 5.57. The Morgan fingerprint density at radius 1 is 1.16 bits per heavy atom. The predicted octanol–water partition coefficient (Wildman–Crippen LogP) is 5.94. The van der Waals surface area contributed by atoms with Gasteiger partial charge in [-0.15, -0.1) is 0 Å². The molecule has 0 aromatic rings. The lowest BCUT2D eigenvalue weighted by molar-refractivity contribution is -0.228. The summed E-state index contributed by atoms with van der Waals surface area (Å²) in [4.78, 5) is 35.0. The third-order valence-electron chi connectivity index (χ3n) is 10.6. The molecule has 0 aromatic heterocycles. The van der Waals surface area contributed by atoms with Crippen LogP contribution in [0.1, 0.15) is 78.6 Å². The Morgan fingerprint density at radius 3 is 2.57 bits per heavy atom. The number of hydrogen-bond donors (Lipinski definition) is 1. The van der Waals surface area contributed by atoms with E-state index in [1.165, 1.54) is 24.6 Å². The van der Waals surface area contributed by atoms with Crippen molar-refractivity contribution in [3.05, 3.63) is 23.8 Å². The Kier molecular flexibility index (Phi) is 6.92. The average Bonchev–Trinajstić information content (AvgIpc) is 3.11. The third-order valence-corrected chi connectivity index (χ3v) is 10.9. The minimum atomic E-state index is -2.12. The highest BCUT2D eigenvalue weighted by molar-refractivity contribution is 7.80. The Balaban J connectivity index is 1.35. The van der Waals surface area contributed by atoms with Crippen LogP contribution in [0.4, 0.5) is 8.78 Å². The molecule has 0 aliphatic heterocycles. The molecule has 0 saturated heterocycles. The van der Waals surface area contributed by atoms with Gasteiger partial charge in [0.15, 0.2) is 11.5 Å². The van der Waals surface area contributed by atoms with Gasteiger partial charge in [0.25, 0.3) is 0 Å². The summed E-state index contributed by atoms with van der Waals surface area (Å²) in [6.07, 6.45) is 7.45. The molecule has 5 aliphatic carbocycles. The van der Waals surface area contributed by atoms with E-state index in [1.54, 1.807) is 6.92 Å². The molecule has 204 valence electrons. The number of allylic oxidation sites excluding steroid dienone is 4. The summed E-state index contributed by atoms with van der Waals surface area (Å²) >= 11 is 5.61. The van der Waals surface area contributed by atoms with Gasteiger partial charge in [0.2, 0.25) is 5.05 Å². The molecule has 0 spiro atoms. The lowest BCUT2D eigenvalue weighted by atomic mass is 9.45. The normalized spacial score (nSPS) is 45.4. The molecule has 0 radical (unpaired) electrons. The number of alkyl halides is 2. The quantitative estimate of drug-likeness (QED) is 0.273. The second-order valence-electron chi connectivity index (χ2n) is 12.7. The minimum Gasteiger partial charge on any atom is -0.390 e. The molecule has 5 aliphatic rings. The lowest BCUT2D eigenvalue weighted by Gasteiger charge is -2.62. The van der Waals surface area contributed by atoms with Gasteiger partial charge in [-0.05, 0) is 92.1 Å². The second kappa shape index (κ2) is 9.51. The molecule has 0 aromatic carbocycles. The van der Waals surface area contributed by atoms with Crippen LogP contribution in [0.25, 0.3) is 0 Å². The fourth-order valence-corrected chi connectivity index (χ4v) is 9.41. The first-order valence-electron chi connectivity index (χ1n) is 13.8. The zero-order valence-corrected chi connectivity index (χ0v) is 22.7. The number of rotatable bonds is 3. The molecular formula is C29H38F2O5S. The van der Waals surface area contributed by atoms with E-state index < -0.39 is 40.7 Å². The maximum Gasteiger partial charge on any atom is 0.355 e. The van der Waals surface area contributed by atoms with Gasteiger partial charge >= 0.3 is 5.97 Å². The Hall–Kier alpha value is -1.67. The highest BCUT2D eigenvalue weighted by Crippen LogP contribution is 2.70. The molecule has 0 bridgehead atoms. The van der Waals surface area contributed by atoms with Gasteiger partial charge < -0.3 is 5.11 Å². The molecule has 37 heavy (non-hydrogen) atoms. The van der Waals surface area contributed by atoms with Crippen LogP contribution in [0.15, 0.2) is 23.8 Å². The van der Waals surface area contributed by atoms with Gasteiger partial charge in [-0.25, -0.2) is 18.5 Å². The zero-order chi connectivity index (χ0) is 26.8. The number of thiocarbonyl (C=S) groups is 1. The standard InChI is InChI=1S/C29H38F2O5S/c1-16-11-19-20-14-22(30)21-13-18(32)9-10-28(21,3)29(20,31)23(33)15-27(19,2)25(16)26(37)36-35-24(34)12-17-7-5-4-6-8-17/h9-10,13,16-17,19-20,22-23,25,33H,4-8,11-12,14-15H2,1-3H3/t16-,19+,20+,22+,23+,25-,27+,28+,29+/m1/s1. The number of halogens is 2. The van der Waals surface area contributed by atoms with Crippen LogP contribution in [-0.4, -0.2) is 39.9 Å².